The van der Waals surface area contributed by atoms with Crippen LogP contribution in [0.5, 0.6) is 0 Å². The van der Waals surface area contributed by atoms with Crippen molar-refractivity contribution in [3.05, 3.63) is 18.0 Å². The molecule has 0 bridgehead atoms. The maximum absolute atomic E-state index is 12.7. The first-order valence-electron chi connectivity index (χ1n) is 7.31. The number of nitrogens with zero attached hydrogens (tertiary/aromatic N) is 2. The molecule has 1 aromatic heterocycles. The third kappa shape index (κ3) is 3.85. The lowest BCUT2D eigenvalue weighted by molar-refractivity contribution is 0.0102. The number of nitrogens with one attached hydrogen (secondary N) is 1. The van der Waals surface area contributed by atoms with Gasteiger partial charge in [-0.05, 0) is 13.0 Å². The minimum Gasteiger partial charge on any atom is -0.376 e. The molecule has 7 heteroatoms. The minimum atomic E-state index is -3.43. The molecule has 1 atom stereocenters. The Hall–Kier alpha value is -0.890. The summed E-state index contributed by atoms with van der Waals surface area (Å²) in [6.07, 6.45) is 1.63. The Bertz CT molecular complexity index is 580. The van der Waals surface area contributed by atoms with E-state index in [-0.39, 0.29) is 6.10 Å². The van der Waals surface area contributed by atoms with Crippen LogP contribution in [0.4, 0.5) is 0 Å². The van der Waals surface area contributed by atoms with E-state index in [2.05, 4.69) is 19.2 Å². The molecule has 0 radical (unpaired) electrons. The fraction of sp³-hybridized carbons (Fsp3) is 0.714. The summed E-state index contributed by atoms with van der Waals surface area (Å²) in [5.74, 6) is 0. The summed E-state index contributed by atoms with van der Waals surface area (Å²) in [7, 11) is -1.56. The Morgan fingerprint density at radius 1 is 1.48 bits per heavy atom. The monoisotopic (exact) mass is 315 g/mol. The van der Waals surface area contributed by atoms with Gasteiger partial charge in [0, 0.05) is 44.6 Å². The average molecular weight is 315 g/mol. The molecule has 1 saturated heterocycles. The van der Waals surface area contributed by atoms with E-state index in [0.717, 1.165) is 5.69 Å². The molecule has 0 spiro atoms. The highest BCUT2D eigenvalue weighted by molar-refractivity contribution is 7.89. The highest BCUT2D eigenvalue weighted by Gasteiger charge is 2.30. The van der Waals surface area contributed by atoms with Gasteiger partial charge in [-0.2, -0.15) is 4.31 Å². The van der Waals surface area contributed by atoms with Crippen LogP contribution in [0.3, 0.4) is 0 Å². The van der Waals surface area contributed by atoms with Crippen LogP contribution >= 0.6 is 0 Å². The van der Waals surface area contributed by atoms with Crippen molar-refractivity contribution in [3.63, 3.8) is 0 Å². The van der Waals surface area contributed by atoms with E-state index >= 15 is 0 Å². The lowest BCUT2D eigenvalue weighted by Crippen LogP contribution is -2.44. The maximum Gasteiger partial charge on any atom is 0.244 e. The molecule has 1 aliphatic heterocycles. The molecule has 1 aromatic rings. The number of hydrogen-bond donors (Lipinski definition) is 1. The maximum atomic E-state index is 12.7. The Labute approximate surface area is 127 Å². The molecular weight excluding hydrogens is 290 g/mol. The van der Waals surface area contributed by atoms with Crippen LogP contribution in [0.1, 0.15) is 26.5 Å². The zero-order chi connectivity index (χ0) is 15.6. The molecule has 0 aromatic carbocycles. The highest BCUT2D eigenvalue weighted by Crippen LogP contribution is 2.21. The van der Waals surface area contributed by atoms with E-state index in [9.17, 15) is 8.42 Å². The molecule has 0 saturated carbocycles. The van der Waals surface area contributed by atoms with Crippen LogP contribution in [-0.4, -0.2) is 49.1 Å². The van der Waals surface area contributed by atoms with Crippen molar-refractivity contribution in [2.24, 2.45) is 7.05 Å². The lowest BCUT2D eigenvalue weighted by atomic mass is 10.3. The zero-order valence-corrected chi connectivity index (χ0v) is 14.0. The number of ether oxygens (including phenoxy) is 1. The van der Waals surface area contributed by atoms with Gasteiger partial charge in [-0.15, -0.1) is 0 Å². The van der Waals surface area contributed by atoms with Gasteiger partial charge in [-0.1, -0.05) is 13.8 Å². The van der Waals surface area contributed by atoms with Gasteiger partial charge in [-0.3, -0.25) is 0 Å². The van der Waals surface area contributed by atoms with E-state index in [1.807, 2.05) is 18.5 Å². The van der Waals surface area contributed by atoms with Crippen molar-refractivity contribution in [3.8, 4) is 0 Å². The van der Waals surface area contributed by atoms with Gasteiger partial charge in [0.15, 0.2) is 0 Å². The molecule has 120 valence electrons. The van der Waals surface area contributed by atoms with Gasteiger partial charge < -0.3 is 14.6 Å². The van der Waals surface area contributed by atoms with Crippen molar-refractivity contribution in [1.29, 1.82) is 0 Å². The van der Waals surface area contributed by atoms with Crippen LogP contribution in [0.15, 0.2) is 17.2 Å². The first-order valence-corrected chi connectivity index (χ1v) is 8.75. The van der Waals surface area contributed by atoms with Crippen LogP contribution in [0, 0.1) is 0 Å². The summed E-state index contributed by atoms with van der Waals surface area (Å²) >= 11 is 0. The van der Waals surface area contributed by atoms with Crippen molar-refractivity contribution < 1.29 is 13.2 Å². The van der Waals surface area contributed by atoms with Gasteiger partial charge in [0.1, 0.15) is 4.90 Å². The van der Waals surface area contributed by atoms with Gasteiger partial charge in [0.2, 0.25) is 10.0 Å². The third-order valence-electron chi connectivity index (χ3n) is 3.62. The molecule has 1 aliphatic rings. The number of morpholine rings is 1. The molecule has 21 heavy (non-hydrogen) atoms. The van der Waals surface area contributed by atoms with Crippen LogP contribution in [0.2, 0.25) is 0 Å². The number of aromatic nitrogens is 1. The Morgan fingerprint density at radius 3 is 2.81 bits per heavy atom. The standard InChI is InChI=1S/C14H25N3O3S/c1-11(2)15-8-13-7-14(10-16(13)4)21(18,19)17-5-6-20-12(3)9-17/h7,10-12,15H,5-6,8-9H2,1-4H3. The molecule has 1 N–H and O–H groups in total. The third-order valence-corrected chi connectivity index (χ3v) is 5.45. The fourth-order valence-electron chi connectivity index (χ4n) is 2.36. The fourth-order valence-corrected chi connectivity index (χ4v) is 3.95. The summed E-state index contributed by atoms with van der Waals surface area (Å²) in [4.78, 5) is 0.361. The molecule has 0 aliphatic carbocycles. The van der Waals surface area contributed by atoms with Gasteiger partial charge in [-0.25, -0.2) is 8.42 Å². The van der Waals surface area contributed by atoms with Crippen LogP contribution < -0.4 is 5.32 Å². The molecule has 0 amide bonds. The molecule has 1 fully saturated rings. The van der Waals surface area contributed by atoms with Crippen LogP contribution in [0.25, 0.3) is 0 Å². The van der Waals surface area contributed by atoms with E-state index < -0.39 is 10.0 Å². The Morgan fingerprint density at radius 2 is 2.19 bits per heavy atom. The zero-order valence-electron chi connectivity index (χ0n) is 13.2. The summed E-state index contributed by atoms with van der Waals surface area (Å²) in [5, 5.41) is 3.30. The topological polar surface area (TPSA) is 63.6 Å². The van der Waals surface area contributed by atoms with Crippen molar-refractivity contribution in [1.82, 2.24) is 14.2 Å². The average Bonchev–Trinajstić information content (AvgIpc) is 2.78. The second-order valence-electron chi connectivity index (χ2n) is 5.86. The number of aryl methyl sites for hydroxylation is 1. The van der Waals surface area contributed by atoms with Crippen molar-refractivity contribution in [2.75, 3.05) is 19.7 Å². The number of rotatable bonds is 5. The lowest BCUT2D eigenvalue weighted by Gasteiger charge is -2.29. The largest absolute Gasteiger partial charge is 0.376 e. The quantitative estimate of drug-likeness (QED) is 0.878. The molecule has 2 heterocycles. The minimum absolute atomic E-state index is 0.0562. The summed E-state index contributed by atoms with van der Waals surface area (Å²) in [6, 6.07) is 2.12. The highest BCUT2D eigenvalue weighted by atomic mass is 32.2. The smallest absolute Gasteiger partial charge is 0.244 e. The Kier molecular flexibility index (Phi) is 5.08. The molecule has 1 unspecified atom stereocenters. The normalized spacial score (nSPS) is 21.1. The first kappa shape index (κ1) is 16.5. The molecule has 2 rings (SSSR count). The van der Waals surface area contributed by atoms with Gasteiger partial charge in [0.05, 0.1) is 12.7 Å². The van der Waals surface area contributed by atoms with Crippen LogP contribution in [-0.2, 0) is 28.4 Å². The van der Waals surface area contributed by atoms with E-state index in [0.29, 0.717) is 37.2 Å². The number of sulfonamides is 1. The van der Waals surface area contributed by atoms with E-state index in [4.69, 9.17) is 4.74 Å². The summed E-state index contributed by atoms with van der Waals surface area (Å²) in [6.45, 7) is 7.96. The summed E-state index contributed by atoms with van der Waals surface area (Å²) < 4.78 is 34.1. The van der Waals surface area contributed by atoms with E-state index in [1.54, 1.807) is 12.3 Å². The summed E-state index contributed by atoms with van der Waals surface area (Å²) in [5.41, 5.74) is 0.962. The van der Waals surface area contributed by atoms with Gasteiger partial charge >= 0.3 is 0 Å². The van der Waals surface area contributed by atoms with Crippen molar-refractivity contribution in [2.45, 2.75) is 44.4 Å². The SMILES string of the molecule is CC(C)NCc1cc(S(=O)(=O)N2CCOC(C)C2)cn1C. The van der Waals surface area contributed by atoms with Crippen molar-refractivity contribution >= 4 is 10.0 Å². The number of hydrogen-bond acceptors (Lipinski definition) is 4. The second-order valence-corrected chi connectivity index (χ2v) is 7.80. The molecular formula is C14H25N3O3S. The second kappa shape index (κ2) is 6.48. The first-order chi connectivity index (χ1) is 9.80. The van der Waals surface area contributed by atoms with E-state index in [1.165, 1.54) is 4.31 Å². The predicted molar refractivity (Wildman–Crippen MR) is 81.6 cm³/mol. The molecule has 6 nitrogen and oxygen atoms in total. The van der Waals surface area contributed by atoms with Gasteiger partial charge in [0.25, 0.3) is 0 Å². The predicted octanol–water partition coefficient (Wildman–Crippen LogP) is 0.932. The Balaban J connectivity index is 2.18.